The van der Waals surface area contributed by atoms with Crippen LogP contribution in [0.15, 0.2) is 48.7 Å². The van der Waals surface area contributed by atoms with E-state index < -0.39 is 6.10 Å². The molecule has 24 heavy (non-hydrogen) atoms. The lowest BCUT2D eigenvalue weighted by atomic mass is 10.1. The Bertz CT molecular complexity index is 937. The van der Waals surface area contributed by atoms with E-state index in [2.05, 4.69) is 16.4 Å². The first-order chi connectivity index (χ1) is 11.6. The van der Waals surface area contributed by atoms with Crippen molar-refractivity contribution >= 4 is 39.8 Å². The Morgan fingerprint density at radius 3 is 2.75 bits per heavy atom. The highest BCUT2D eigenvalue weighted by Gasteiger charge is 2.14. The summed E-state index contributed by atoms with van der Waals surface area (Å²) in [5.74, 6) is 0. The monoisotopic (exact) mass is 357 g/mol. The van der Waals surface area contributed by atoms with Crippen LogP contribution < -0.4 is 5.32 Å². The highest BCUT2D eigenvalue weighted by molar-refractivity contribution is 6.35. The van der Waals surface area contributed by atoms with Crippen molar-refractivity contribution < 1.29 is 5.11 Å². The third kappa shape index (κ3) is 3.29. The van der Waals surface area contributed by atoms with Crippen LogP contribution in [0.2, 0.25) is 10.0 Å². The highest BCUT2D eigenvalue weighted by Crippen LogP contribution is 2.29. The van der Waals surface area contributed by atoms with Gasteiger partial charge in [0.1, 0.15) is 6.07 Å². The van der Waals surface area contributed by atoms with Gasteiger partial charge in [-0.05, 0) is 18.2 Å². The molecule has 1 aromatic heterocycles. The van der Waals surface area contributed by atoms with E-state index in [1.54, 1.807) is 18.2 Å². The molecule has 0 saturated carbocycles. The van der Waals surface area contributed by atoms with Gasteiger partial charge in [0.25, 0.3) is 0 Å². The lowest BCUT2D eigenvalue weighted by molar-refractivity contribution is 0.192. The van der Waals surface area contributed by atoms with Gasteiger partial charge < -0.3 is 10.4 Å². The first-order valence-corrected chi connectivity index (χ1v) is 8.00. The first kappa shape index (κ1) is 16.5. The van der Waals surface area contributed by atoms with Gasteiger partial charge in [-0.15, -0.1) is 0 Å². The van der Waals surface area contributed by atoms with Crippen molar-refractivity contribution in [1.29, 1.82) is 5.26 Å². The van der Waals surface area contributed by atoms with E-state index in [0.29, 0.717) is 26.9 Å². The maximum atomic E-state index is 10.4. The molecule has 6 heteroatoms. The minimum atomic E-state index is -0.840. The van der Waals surface area contributed by atoms with Crippen LogP contribution in [0.5, 0.6) is 0 Å². The minimum Gasteiger partial charge on any atom is -0.387 e. The van der Waals surface area contributed by atoms with Gasteiger partial charge in [-0.1, -0.05) is 47.5 Å². The molecule has 3 rings (SSSR count). The van der Waals surface area contributed by atoms with Crippen LogP contribution in [0, 0.1) is 11.3 Å². The molecule has 0 spiro atoms. The van der Waals surface area contributed by atoms with E-state index in [1.807, 2.05) is 24.3 Å². The van der Waals surface area contributed by atoms with Crippen LogP contribution in [-0.2, 0) is 0 Å². The number of nitrogens with one attached hydrogen (secondary N) is 1. The molecule has 0 aliphatic carbocycles. The number of aromatic nitrogens is 1. The van der Waals surface area contributed by atoms with Gasteiger partial charge in [-0.3, -0.25) is 4.98 Å². The number of benzene rings is 2. The molecule has 2 N–H and O–H groups in total. The van der Waals surface area contributed by atoms with Gasteiger partial charge in [0, 0.05) is 33.7 Å². The smallest absolute Gasteiger partial charge is 0.103 e. The number of nitriles is 1. The fourth-order valence-electron chi connectivity index (χ4n) is 2.50. The molecule has 1 heterocycles. The Labute approximate surface area is 149 Å². The van der Waals surface area contributed by atoms with Crippen molar-refractivity contribution in [2.75, 3.05) is 11.9 Å². The molecule has 0 radical (unpaired) electrons. The Balaban J connectivity index is 1.89. The van der Waals surface area contributed by atoms with Gasteiger partial charge in [0.05, 0.1) is 22.9 Å². The normalized spacial score (nSPS) is 11.9. The summed E-state index contributed by atoms with van der Waals surface area (Å²) in [5.41, 5.74) is 2.42. The zero-order chi connectivity index (χ0) is 17.1. The van der Waals surface area contributed by atoms with E-state index in [9.17, 15) is 10.4 Å². The van der Waals surface area contributed by atoms with Crippen molar-refractivity contribution in [3.05, 3.63) is 69.8 Å². The van der Waals surface area contributed by atoms with Crippen LogP contribution in [0.1, 0.15) is 17.2 Å². The summed E-state index contributed by atoms with van der Waals surface area (Å²) in [6.07, 6.45) is 0.681. The molecule has 0 bridgehead atoms. The fraction of sp³-hybridized carbons (Fsp3) is 0.111. The standard InChI is InChI=1S/C18H13Cl2N3O/c19-12-5-6-13(15(20)7-12)17(24)10-23-18-11(8-21)9-22-16-4-2-1-3-14(16)18/h1-7,9,17,24H,10H2,(H,22,23). The average molecular weight is 358 g/mol. The summed E-state index contributed by atoms with van der Waals surface area (Å²) in [5, 5.41) is 24.6. The summed E-state index contributed by atoms with van der Waals surface area (Å²) >= 11 is 12.0. The number of hydrogen-bond donors (Lipinski definition) is 2. The summed E-state index contributed by atoms with van der Waals surface area (Å²) in [6, 6.07) is 14.6. The molecule has 0 aliphatic rings. The number of pyridine rings is 1. The number of anilines is 1. The number of hydrogen-bond acceptors (Lipinski definition) is 4. The quantitative estimate of drug-likeness (QED) is 0.717. The lowest BCUT2D eigenvalue weighted by Crippen LogP contribution is -2.13. The Morgan fingerprint density at radius 1 is 1.21 bits per heavy atom. The summed E-state index contributed by atoms with van der Waals surface area (Å²) in [4.78, 5) is 4.26. The Morgan fingerprint density at radius 2 is 2.00 bits per heavy atom. The van der Waals surface area contributed by atoms with Crippen molar-refractivity contribution in [1.82, 2.24) is 4.98 Å². The zero-order valence-electron chi connectivity index (χ0n) is 12.5. The second kappa shape index (κ2) is 7.06. The van der Waals surface area contributed by atoms with E-state index in [-0.39, 0.29) is 6.54 Å². The van der Waals surface area contributed by atoms with Crippen molar-refractivity contribution in [3.8, 4) is 6.07 Å². The molecule has 3 aromatic rings. The molecule has 1 unspecified atom stereocenters. The van der Waals surface area contributed by atoms with Crippen LogP contribution in [-0.4, -0.2) is 16.6 Å². The summed E-state index contributed by atoms with van der Waals surface area (Å²) in [6.45, 7) is 0.198. The summed E-state index contributed by atoms with van der Waals surface area (Å²) < 4.78 is 0. The van der Waals surface area contributed by atoms with Crippen molar-refractivity contribution in [2.24, 2.45) is 0 Å². The van der Waals surface area contributed by atoms with Crippen LogP contribution in [0.25, 0.3) is 10.9 Å². The zero-order valence-corrected chi connectivity index (χ0v) is 14.0. The Hall–Kier alpha value is -2.32. The second-order valence-corrected chi connectivity index (χ2v) is 6.08. The predicted molar refractivity (Wildman–Crippen MR) is 96.4 cm³/mol. The lowest BCUT2D eigenvalue weighted by Gasteiger charge is -2.16. The molecule has 0 fully saturated rings. The molecule has 0 saturated heterocycles. The topological polar surface area (TPSA) is 68.9 Å². The molecule has 120 valence electrons. The van der Waals surface area contributed by atoms with Crippen LogP contribution in [0.4, 0.5) is 5.69 Å². The number of rotatable bonds is 4. The van der Waals surface area contributed by atoms with Crippen LogP contribution >= 0.6 is 23.2 Å². The van der Waals surface area contributed by atoms with Crippen molar-refractivity contribution in [2.45, 2.75) is 6.10 Å². The van der Waals surface area contributed by atoms with Crippen molar-refractivity contribution in [3.63, 3.8) is 0 Å². The van der Waals surface area contributed by atoms with E-state index in [4.69, 9.17) is 23.2 Å². The third-order valence-electron chi connectivity index (χ3n) is 3.69. The van der Waals surface area contributed by atoms with Gasteiger partial charge in [0.15, 0.2) is 0 Å². The largest absolute Gasteiger partial charge is 0.387 e. The maximum absolute atomic E-state index is 10.4. The SMILES string of the molecule is N#Cc1cnc2ccccc2c1NCC(O)c1ccc(Cl)cc1Cl. The van der Waals surface area contributed by atoms with E-state index >= 15 is 0 Å². The maximum Gasteiger partial charge on any atom is 0.103 e. The molecule has 4 nitrogen and oxygen atoms in total. The predicted octanol–water partition coefficient (Wildman–Crippen LogP) is 4.56. The molecule has 0 aliphatic heterocycles. The van der Waals surface area contributed by atoms with Gasteiger partial charge in [-0.2, -0.15) is 5.26 Å². The number of halogens is 2. The van der Waals surface area contributed by atoms with E-state index in [0.717, 1.165) is 10.9 Å². The third-order valence-corrected chi connectivity index (χ3v) is 4.25. The molecule has 0 amide bonds. The van der Waals surface area contributed by atoms with Gasteiger partial charge in [-0.25, -0.2) is 0 Å². The highest BCUT2D eigenvalue weighted by atomic mass is 35.5. The minimum absolute atomic E-state index is 0.198. The number of para-hydroxylation sites is 1. The number of aliphatic hydroxyl groups is 1. The van der Waals surface area contributed by atoms with Gasteiger partial charge >= 0.3 is 0 Å². The number of aliphatic hydroxyl groups excluding tert-OH is 1. The molecule has 1 atom stereocenters. The molecule has 2 aromatic carbocycles. The molecular formula is C18H13Cl2N3O. The number of fused-ring (bicyclic) bond motifs is 1. The number of nitrogens with zero attached hydrogens (tertiary/aromatic N) is 2. The Kier molecular flexibility index (Phi) is 4.86. The second-order valence-electron chi connectivity index (χ2n) is 5.24. The summed E-state index contributed by atoms with van der Waals surface area (Å²) in [7, 11) is 0. The fourth-order valence-corrected chi connectivity index (χ4v) is 3.03. The van der Waals surface area contributed by atoms with E-state index in [1.165, 1.54) is 6.20 Å². The molecular weight excluding hydrogens is 345 g/mol. The average Bonchev–Trinajstić information content (AvgIpc) is 2.59. The van der Waals surface area contributed by atoms with Gasteiger partial charge in [0.2, 0.25) is 0 Å². The van der Waals surface area contributed by atoms with Crippen LogP contribution in [0.3, 0.4) is 0 Å². The first-order valence-electron chi connectivity index (χ1n) is 7.25.